The summed E-state index contributed by atoms with van der Waals surface area (Å²) in [6, 6.07) is 22.9. The predicted octanol–water partition coefficient (Wildman–Crippen LogP) is 6.65. The summed E-state index contributed by atoms with van der Waals surface area (Å²) in [7, 11) is -1.76. The van der Waals surface area contributed by atoms with Crippen LogP contribution >= 0.6 is 7.26 Å². The molecule has 0 bridgehead atoms. The SMILES string of the molecule is CC(C)(C)CCC[PH](CCC(C)(C)C)(c1ccccc1)c1ccccc1. The Morgan fingerprint density at radius 1 is 0.577 bits per heavy atom. The Balaban J connectivity index is 2.44. The average Bonchev–Trinajstić information content (AvgIpc) is 2.58. The molecule has 0 aliphatic heterocycles. The van der Waals surface area contributed by atoms with E-state index in [2.05, 4.69) is 102 Å². The van der Waals surface area contributed by atoms with Gasteiger partial charge in [0.2, 0.25) is 0 Å². The summed E-state index contributed by atoms with van der Waals surface area (Å²) in [6.07, 6.45) is 6.61. The Kier molecular flexibility index (Phi) is 7.09. The molecular weight excluding hydrogens is 331 g/mol. The van der Waals surface area contributed by atoms with Gasteiger partial charge in [-0.25, -0.2) is 0 Å². The fourth-order valence-electron chi connectivity index (χ4n) is 3.89. The summed E-state index contributed by atoms with van der Waals surface area (Å²) >= 11 is 0. The van der Waals surface area contributed by atoms with Gasteiger partial charge in [0.05, 0.1) is 0 Å². The van der Waals surface area contributed by atoms with Gasteiger partial charge in [-0.15, -0.1) is 0 Å². The first-order chi connectivity index (χ1) is 12.1. The van der Waals surface area contributed by atoms with Crippen molar-refractivity contribution in [2.75, 3.05) is 12.3 Å². The normalized spacial score (nSPS) is 13.6. The van der Waals surface area contributed by atoms with Crippen molar-refractivity contribution >= 4 is 17.9 Å². The third kappa shape index (κ3) is 6.24. The zero-order chi connectivity index (χ0) is 19.3. The van der Waals surface area contributed by atoms with Crippen molar-refractivity contribution in [2.24, 2.45) is 10.8 Å². The van der Waals surface area contributed by atoms with E-state index in [1.54, 1.807) is 10.6 Å². The molecule has 0 heterocycles. The van der Waals surface area contributed by atoms with Gasteiger partial charge in [-0.1, -0.05) is 0 Å². The Morgan fingerprint density at radius 3 is 1.38 bits per heavy atom. The van der Waals surface area contributed by atoms with Crippen molar-refractivity contribution in [1.82, 2.24) is 0 Å². The van der Waals surface area contributed by atoms with E-state index in [-0.39, 0.29) is 0 Å². The molecule has 2 rings (SSSR count). The van der Waals surface area contributed by atoms with E-state index in [4.69, 9.17) is 0 Å². The minimum atomic E-state index is -1.76. The van der Waals surface area contributed by atoms with Crippen LogP contribution in [0.5, 0.6) is 0 Å². The van der Waals surface area contributed by atoms with Crippen molar-refractivity contribution in [1.29, 1.82) is 0 Å². The molecule has 0 saturated carbocycles. The molecule has 2 aromatic carbocycles. The number of benzene rings is 2. The second-order valence-corrected chi connectivity index (χ2v) is 14.6. The molecule has 0 aliphatic carbocycles. The molecule has 0 unspecified atom stereocenters. The molecule has 0 amide bonds. The van der Waals surface area contributed by atoms with E-state index in [0.717, 1.165) is 0 Å². The number of hydrogen-bond donors (Lipinski definition) is 0. The van der Waals surface area contributed by atoms with Crippen LogP contribution < -0.4 is 10.6 Å². The number of rotatable bonds is 7. The maximum atomic E-state index is 2.40. The average molecular weight is 371 g/mol. The molecule has 0 aromatic heterocycles. The Labute approximate surface area is 162 Å². The monoisotopic (exact) mass is 370 g/mol. The molecule has 26 heavy (non-hydrogen) atoms. The van der Waals surface area contributed by atoms with E-state index >= 15 is 0 Å². The summed E-state index contributed by atoms with van der Waals surface area (Å²) in [5.74, 6) is 0. The van der Waals surface area contributed by atoms with Gasteiger partial charge in [0.15, 0.2) is 0 Å². The molecule has 0 fully saturated rings. The van der Waals surface area contributed by atoms with Gasteiger partial charge in [0, 0.05) is 0 Å². The van der Waals surface area contributed by atoms with E-state index in [1.165, 1.54) is 31.6 Å². The second kappa shape index (κ2) is 8.71. The first kappa shape index (κ1) is 21.2. The van der Waals surface area contributed by atoms with Crippen LogP contribution in [-0.2, 0) is 0 Å². The summed E-state index contributed by atoms with van der Waals surface area (Å²) < 4.78 is 0. The topological polar surface area (TPSA) is 0 Å². The maximum absolute atomic E-state index is 2.40. The van der Waals surface area contributed by atoms with Crippen molar-refractivity contribution in [3.63, 3.8) is 0 Å². The zero-order valence-corrected chi connectivity index (χ0v) is 18.8. The standard InChI is InChI=1S/C25H39P/c1-24(2,3)18-13-20-26(21-19-25(4,5)6,22-14-9-7-10-15-22)23-16-11-8-12-17-23/h7-12,14-17,26H,13,18-21H2,1-6H3. The van der Waals surface area contributed by atoms with Crippen LogP contribution in [0.1, 0.15) is 60.8 Å². The van der Waals surface area contributed by atoms with Gasteiger partial charge in [0.25, 0.3) is 0 Å². The molecule has 0 atom stereocenters. The van der Waals surface area contributed by atoms with Crippen LogP contribution in [0.25, 0.3) is 0 Å². The summed E-state index contributed by atoms with van der Waals surface area (Å²) in [6.45, 7) is 14.3. The van der Waals surface area contributed by atoms with E-state index < -0.39 is 7.26 Å². The fraction of sp³-hybridized carbons (Fsp3) is 0.520. The molecule has 2 aromatic rings. The van der Waals surface area contributed by atoms with Gasteiger partial charge in [0.1, 0.15) is 0 Å². The van der Waals surface area contributed by atoms with Crippen molar-refractivity contribution < 1.29 is 0 Å². The molecule has 1 heteroatoms. The molecular formula is C25H39P. The van der Waals surface area contributed by atoms with Crippen molar-refractivity contribution in [2.45, 2.75) is 60.8 Å². The van der Waals surface area contributed by atoms with Gasteiger partial charge >= 0.3 is 162 Å². The molecule has 0 N–H and O–H groups in total. The van der Waals surface area contributed by atoms with Crippen LogP contribution in [0.2, 0.25) is 0 Å². The quantitative estimate of drug-likeness (QED) is 0.479. The van der Waals surface area contributed by atoms with Gasteiger partial charge in [-0.05, 0) is 0 Å². The third-order valence-corrected chi connectivity index (χ3v) is 10.7. The zero-order valence-electron chi connectivity index (χ0n) is 17.8. The number of hydrogen-bond acceptors (Lipinski definition) is 0. The van der Waals surface area contributed by atoms with Crippen LogP contribution in [0, 0.1) is 10.8 Å². The second-order valence-electron chi connectivity index (χ2n) is 10.3. The van der Waals surface area contributed by atoms with Crippen molar-refractivity contribution in [3.05, 3.63) is 60.7 Å². The molecule has 0 nitrogen and oxygen atoms in total. The Bertz CT molecular complexity index is 605. The summed E-state index contributed by atoms with van der Waals surface area (Å²) in [5.41, 5.74) is 0.795. The predicted molar refractivity (Wildman–Crippen MR) is 123 cm³/mol. The minimum absolute atomic E-state index is 0.381. The van der Waals surface area contributed by atoms with Crippen LogP contribution in [0.3, 0.4) is 0 Å². The third-order valence-electron chi connectivity index (χ3n) is 5.48. The molecule has 144 valence electrons. The van der Waals surface area contributed by atoms with Crippen molar-refractivity contribution in [3.8, 4) is 0 Å². The van der Waals surface area contributed by atoms with E-state index in [0.29, 0.717) is 10.8 Å². The molecule has 0 radical (unpaired) electrons. The Hall–Kier alpha value is -1.13. The van der Waals surface area contributed by atoms with Gasteiger partial charge in [-0.2, -0.15) is 0 Å². The van der Waals surface area contributed by atoms with E-state index in [9.17, 15) is 0 Å². The molecule has 0 spiro atoms. The van der Waals surface area contributed by atoms with Crippen LogP contribution in [-0.4, -0.2) is 12.3 Å². The van der Waals surface area contributed by atoms with Gasteiger partial charge in [-0.3, -0.25) is 0 Å². The van der Waals surface area contributed by atoms with E-state index in [1.807, 2.05) is 0 Å². The molecule has 0 saturated heterocycles. The van der Waals surface area contributed by atoms with Crippen LogP contribution in [0.4, 0.5) is 0 Å². The first-order valence-electron chi connectivity index (χ1n) is 10.2. The fourth-order valence-corrected chi connectivity index (χ4v) is 9.25. The summed E-state index contributed by atoms with van der Waals surface area (Å²) in [4.78, 5) is 0. The van der Waals surface area contributed by atoms with Crippen LogP contribution in [0.15, 0.2) is 60.7 Å². The Morgan fingerprint density at radius 2 is 1.00 bits per heavy atom. The first-order valence-corrected chi connectivity index (χ1v) is 12.6. The van der Waals surface area contributed by atoms with Gasteiger partial charge < -0.3 is 0 Å². The summed E-state index contributed by atoms with van der Waals surface area (Å²) in [5, 5.41) is 3.23. The molecule has 0 aliphatic rings.